The number of ether oxygens (including phenoxy) is 1. The molecule has 0 fully saturated rings. The highest BCUT2D eigenvalue weighted by Gasteiger charge is 2.17. The number of esters is 1. The number of carbonyl (C=O) groups is 2. The van der Waals surface area contributed by atoms with E-state index in [0.29, 0.717) is 5.69 Å². The van der Waals surface area contributed by atoms with Crippen molar-refractivity contribution in [3.05, 3.63) is 28.5 Å². The van der Waals surface area contributed by atoms with Gasteiger partial charge in [-0.25, -0.2) is 4.39 Å². The fourth-order valence-electron chi connectivity index (χ4n) is 1.41. The van der Waals surface area contributed by atoms with E-state index in [4.69, 9.17) is 4.74 Å². The van der Waals surface area contributed by atoms with Crippen LogP contribution in [0.4, 0.5) is 10.1 Å². The molecular formula is C14H17BrFNO3. The third kappa shape index (κ3) is 6.14. The van der Waals surface area contributed by atoms with Crippen LogP contribution in [-0.4, -0.2) is 17.5 Å². The fourth-order valence-corrected chi connectivity index (χ4v) is 1.78. The first kappa shape index (κ1) is 16.6. The van der Waals surface area contributed by atoms with Crippen molar-refractivity contribution >= 4 is 33.5 Å². The van der Waals surface area contributed by atoms with Gasteiger partial charge in [-0.15, -0.1) is 0 Å². The molecule has 6 heteroatoms. The Hall–Kier alpha value is -1.43. The highest BCUT2D eigenvalue weighted by molar-refractivity contribution is 9.10. The van der Waals surface area contributed by atoms with E-state index in [-0.39, 0.29) is 23.2 Å². The van der Waals surface area contributed by atoms with Gasteiger partial charge in [0.1, 0.15) is 11.4 Å². The number of nitrogens with one attached hydrogen (secondary N) is 1. The van der Waals surface area contributed by atoms with Crippen LogP contribution >= 0.6 is 15.9 Å². The van der Waals surface area contributed by atoms with Crippen molar-refractivity contribution in [3.8, 4) is 0 Å². The predicted octanol–water partition coefficient (Wildman–Crippen LogP) is 3.65. The molecule has 110 valence electrons. The molecule has 0 aliphatic rings. The van der Waals surface area contributed by atoms with Gasteiger partial charge in [-0.3, -0.25) is 9.59 Å². The molecule has 1 N–H and O–H groups in total. The predicted molar refractivity (Wildman–Crippen MR) is 77.8 cm³/mol. The van der Waals surface area contributed by atoms with E-state index in [2.05, 4.69) is 21.2 Å². The van der Waals surface area contributed by atoms with Gasteiger partial charge in [-0.2, -0.15) is 0 Å². The maximum Gasteiger partial charge on any atom is 0.306 e. The van der Waals surface area contributed by atoms with Gasteiger partial charge >= 0.3 is 5.97 Å². The van der Waals surface area contributed by atoms with E-state index < -0.39 is 17.4 Å². The van der Waals surface area contributed by atoms with Gasteiger partial charge in [0, 0.05) is 12.1 Å². The molecule has 0 heterocycles. The number of halogens is 2. The summed E-state index contributed by atoms with van der Waals surface area (Å²) in [5.74, 6) is -1.15. The molecule has 0 spiro atoms. The zero-order chi connectivity index (χ0) is 15.3. The second kappa shape index (κ2) is 6.83. The average Bonchev–Trinajstić information content (AvgIpc) is 2.29. The molecular weight excluding hydrogens is 329 g/mol. The minimum atomic E-state index is -0.560. The Morgan fingerprint density at radius 3 is 2.50 bits per heavy atom. The van der Waals surface area contributed by atoms with Crippen LogP contribution in [0.3, 0.4) is 0 Å². The third-order valence-corrected chi connectivity index (χ3v) is 2.79. The van der Waals surface area contributed by atoms with Crippen molar-refractivity contribution in [2.24, 2.45) is 0 Å². The van der Waals surface area contributed by atoms with Gasteiger partial charge < -0.3 is 10.1 Å². The van der Waals surface area contributed by atoms with Crippen LogP contribution in [0, 0.1) is 5.82 Å². The number of rotatable bonds is 4. The van der Waals surface area contributed by atoms with Crippen molar-refractivity contribution in [1.29, 1.82) is 0 Å². The zero-order valence-corrected chi connectivity index (χ0v) is 13.2. The van der Waals surface area contributed by atoms with Crippen molar-refractivity contribution < 1.29 is 18.7 Å². The lowest BCUT2D eigenvalue weighted by molar-refractivity contribution is -0.155. The Balaban J connectivity index is 2.44. The van der Waals surface area contributed by atoms with Crippen molar-refractivity contribution in [2.75, 3.05) is 5.32 Å². The van der Waals surface area contributed by atoms with Crippen molar-refractivity contribution in [2.45, 2.75) is 39.2 Å². The van der Waals surface area contributed by atoms with Crippen molar-refractivity contribution in [3.63, 3.8) is 0 Å². The molecule has 0 unspecified atom stereocenters. The highest BCUT2D eigenvalue weighted by Crippen LogP contribution is 2.20. The number of hydrogen-bond donors (Lipinski definition) is 1. The zero-order valence-electron chi connectivity index (χ0n) is 11.6. The van der Waals surface area contributed by atoms with Crippen molar-refractivity contribution in [1.82, 2.24) is 0 Å². The molecule has 0 saturated heterocycles. The summed E-state index contributed by atoms with van der Waals surface area (Å²) in [5.41, 5.74) is -0.0949. The minimum Gasteiger partial charge on any atom is -0.460 e. The van der Waals surface area contributed by atoms with E-state index in [9.17, 15) is 14.0 Å². The molecule has 0 aliphatic heterocycles. The summed E-state index contributed by atoms with van der Waals surface area (Å²) in [6.07, 6.45) is 0.0232. The smallest absolute Gasteiger partial charge is 0.306 e. The average molecular weight is 346 g/mol. The molecule has 1 aromatic rings. The summed E-state index contributed by atoms with van der Waals surface area (Å²) in [7, 11) is 0. The second-order valence-electron chi connectivity index (χ2n) is 5.26. The molecule has 1 amide bonds. The number of amides is 1. The van der Waals surface area contributed by atoms with Crippen LogP contribution in [0.5, 0.6) is 0 Å². The number of anilines is 1. The molecule has 1 rings (SSSR count). The summed E-state index contributed by atoms with van der Waals surface area (Å²) < 4.78 is 18.4. The van der Waals surface area contributed by atoms with E-state index in [1.807, 2.05) is 0 Å². The molecule has 0 atom stereocenters. The number of hydrogen-bond acceptors (Lipinski definition) is 3. The standard InChI is InChI=1S/C14H17BrFNO3/c1-14(2,3)20-13(19)7-6-12(18)17-9-4-5-11(16)10(15)8-9/h4-5,8H,6-7H2,1-3H3,(H,17,18). The lowest BCUT2D eigenvalue weighted by atomic mass is 10.2. The molecule has 0 aliphatic carbocycles. The van der Waals surface area contributed by atoms with E-state index in [0.717, 1.165) is 0 Å². The van der Waals surface area contributed by atoms with Gasteiger partial charge in [0.2, 0.25) is 5.91 Å². The lowest BCUT2D eigenvalue weighted by Crippen LogP contribution is -2.24. The van der Waals surface area contributed by atoms with Crippen LogP contribution in [-0.2, 0) is 14.3 Å². The lowest BCUT2D eigenvalue weighted by Gasteiger charge is -2.19. The molecule has 0 bridgehead atoms. The van der Waals surface area contributed by atoms with E-state index >= 15 is 0 Å². The Morgan fingerprint density at radius 1 is 1.30 bits per heavy atom. The molecule has 0 radical (unpaired) electrons. The Morgan fingerprint density at radius 2 is 1.95 bits per heavy atom. The highest BCUT2D eigenvalue weighted by atomic mass is 79.9. The van der Waals surface area contributed by atoms with Crippen LogP contribution in [0.1, 0.15) is 33.6 Å². The summed E-state index contributed by atoms with van der Waals surface area (Å²) in [4.78, 5) is 23.1. The van der Waals surface area contributed by atoms with E-state index in [1.54, 1.807) is 20.8 Å². The van der Waals surface area contributed by atoms with Gasteiger partial charge in [0.05, 0.1) is 10.9 Å². The number of benzene rings is 1. The Labute approximate surface area is 125 Å². The fraction of sp³-hybridized carbons (Fsp3) is 0.429. The molecule has 0 saturated carbocycles. The normalized spacial score (nSPS) is 11.1. The van der Waals surface area contributed by atoms with Crippen LogP contribution in [0.2, 0.25) is 0 Å². The Bertz CT molecular complexity index is 512. The molecule has 20 heavy (non-hydrogen) atoms. The van der Waals surface area contributed by atoms with Gasteiger partial charge in [-0.05, 0) is 54.9 Å². The minimum absolute atomic E-state index is 0.00542. The van der Waals surface area contributed by atoms with Gasteiger partial charge in [-0.1, -0.05) is 0 Å². The first-order chi connectivity index (χ1) is 9.17. The van der Waals surface area contributed by atoms with Crippen LogP contribution in [0.15, 0.2) is 22.7 Å². The Kier molecular flexibility index (Phi) is 5.68. The first-order valence-electron chi connectivity index (χ1n) is 6.14. The summed E-state index contributed by atoms with van der Waals surface area (Å²) in [5, 5.41) is 2.58. The van der Waals surface area contributed by atoms with Gasteiger partial charge in [0.25, 0.3) is 0 Å². The number of carbonyl (C=O) groups excluding carboxylic acids is 2. The summed E-state index contributed by atoms with van der Waals surface area (Å²) in [6, 6.07) is 4.15. The summed E-state index contributed by atoms with van der Waals surface area (Å²) in [6.45, 7) is 5.29. The topological polar surface area (TPSA) is 55.4 Å². The molecule has 4 nitrogen and oxygen atoms in total. The summed E-state index contributed by atoms with van der Waals surface area (Å²) >= 11 is 3.03. The van der Waals surface area contributed by atoms with Crippen LogP contribution < -0.4 is 5.32 Å². The first-order valence-corrected chi connectivity index (χ1v) is 6.93. The molecule has 1 aromatic carbocycles. The van der Waals surface area contributed by atoms with Crippen LogP contribution in [0.25, 0.3) is 0 Å². The third-order valence-electron chi connectivity index (χ3n) is 2.18. The maximum atomic E-state index is 13.0. The maximum absolute atomic E-state index is 13.0. The second-order valence-corrected chi connectivity index (χ2v) is 6.12. The largest absolute Gasteiger partial charge is 0.460 e. The SMILES string of the molecule is CC(C)(C)OC(=O)CCC(=O)Nc1ccc(F)c(Br)c1. The van der Waals surface area contributed by atoms with Gasteiger partial charge in [0.15, 0.2) is 0 Å². The quantitative estimate of drug-likeness (QED) is 0.847. The monoisotopic (exact) mass is 345 g/mol. The molecule has 0 aromatic heterocycles. The van der Waals surface area contributed by atoms with E-state index in [1.165, 1.54) is 18.2 Å².